The summed E-state index contributed by atoms with van der Waals surface area (Å²) in [6, 6.07) is 8.45. The largest absolute Gasteiger partial charge is 0.361 e. The Balaban J connectivity index is 2.02. The molecule has 2 heterocycles. The van der Waals surface area contributed by atoms with Crippen LogP contribution in [-0.2, 0) is 13.1 Å². The number of aromatic nitrogens is 2. The third-order valence-electron chi connectivity index (χ3n) is 3.58. The zero-order valence-corrected chi connectivity index (χ0v) is 11.2. The number of fused-ring (bicyclic) bond motifs is 1. The van der Waals surface area contributed by atoms with E-state index in [1.807, 2.05) is 13.8 Å². The summed E-state index contributed by atoms with van der Waals surface area (Å²) in [5.41, 5.74) is 10.1. The quantitative estimate of drug-likeness (QED) is 0.783. The number of hydrogen-bond donors (Lipinski definition) is 1. The van der Waals surface area contributed by atoms with Crippen molar-refractivity contribution in [3.8, 4) is 0 Å². The lowest BCUT2D eigenvalue weighted by Crippen LogP contribution is -2.00. The lowest BCUT2D eigenvalue weighted by atomic mass is 10.1. The molecule has 19 heavy (non-hydrogen) atoms. The average Bonchev–Trinajstić information content (AvgIpc) is 2.96. The SMILES string of the molecule is Cc1noc(C)c1Cn1ccc2cc(CN)ccc21. The molecule has 0 aliphatic rings. The van der Waals surface area contributed by atoms with E-state index in [9.17, 15) is 0 Å². The summed E-state index contributed by atoms with van der Waals surface area (Å²) >= 11 is 0. The van der Waals surface area contributed by atoms with E-state index in [4.69, 9.17) is 10.3 Å². The minimum absolute atomic E-state index is 0.574. The zero-order valence-electron chi connectivity index (χ0n) is 11.2. The van der Waals surface area contributed by atoms with Crippen molar-refractivity contribution in [1.82, 2.24) is 9.72 Å². The smallest absolute Gasteiger partial charge is 0.138 e. The highest BCUT2D eigenvalue weighted by molar-refractivity contribution is 5.81. The average molecular weight is 255 g/mol. The third-order valence-corrected chi connectivity index (χ3v) is 3.58. The maximum Gasteiger partial charge on any atom is 0.138 e. The molecule has 0 amide bonds. The predicted molar refractivity (Wildman–Crippen MR) is 74.9 cm³/mol. The lowest BCUT2D eigenvalue weighted by Gasteiger charge is -2.05. The fourth-order valence-electron chi connectivity index (χ4n) is 2.41. The molecule has 0 aliphatic carbocycles. The molecule has 2 N–H and O–H groups in total. The fourth-order valence-corrected chi connectivity index (χ4v) is 2.41. The maximum absolute atomic E-state index is 5.67. The van der Waals surface area contributed by atoms with E-state index in [0.717, 1.165) is 29.1 Å². The second-order valence-corrected chi connectivity index (χ2v) is 4.84. The first-order valence-corrected chi connectivity index (χ1v) is 6.38. The normalized spacial score (nSPS) is 11.3. The van der Waals surface area contributed by atoms with E-state index in [2.05, 4.69) is 40.2 Å². The monoisotopic (exact) mass is 255 g/mol. The molecule has 0 atom stereocenters. The summed E-state index contributed by atoms with van der Waals surface area (Å²) in [6.45, 7) is 5.29. The van der Waals surface area contributed by atoms with Gasteiger partial charge < -0.3 is 14.8 Å². The van der Waals surface area contributed by atoms with Gasteiger partial charge in [0, 0.05) is 23.8 Å². The van der Waals surface area contributed by atoms with Crippen molar-refractivity contribution in [3.63, 3.8) is 0 Å². The van der Waals surface area contributed by atoms with E-state index in [1.165, 1.54) is 10.9 Å². The Morgan fingerprint density at radius 3 is 2.79 bits per heavy atom. The first-order chi connectivity index (χ1) is 9.19. The summed E-state index contributed by atoms with van der Waals surface area (Å²) in [5.74, 6) is 0.887. The highest BCUT2D eigenvalue weighted by Crippen LogP contribution is 2.21. The molecular weight excluding hydrogens is 238 g/mol. The van der Waals surface area contributed by atoms with Gasteiger partial charge >= 0.3 is 0 Å². The van der Waals surface area contributed by atoms with Crippen LogP contribution in [0.1, 0.15) is 22.6 Å². The van der Waals surface area contributed by atoms with Crippen LogP contribution in [0.15, 0.2) is 35.0 Å². The van der Waals surface area contributed by atoms with Crippen LogP contribution in [0.2, 0.25) is 0 Å². The van der Waals surface area contributed by atoms with E-state index in [0.29, 0.717) is 6.54 Å². The first-order valence-electron chi connectivity index (χ1n) is 6.38. The molecule has 4 heteroatoms. The van der Waals surface area contributed by atoms with Crippen LogP contribution in [-0.4, -0.2) is 9.72 Å². The number of benzene rings is 1. The van der Waals surface area contributed by atoms with Crippen LogP contribution in [0.4, 0.5) is 0 Å². The van der Waals surface area contributed by atoms with Crippen LogP contribution in [0, 0.1) is 13.8 Å². The van der Waals surface area contributed by atoms with E-state index >= 15 is 0 Å². The second-order valence-electron chi connectivity index (χ2n) is 4.84. The van der Waals surface area contributed by atoms with Gasteiger partial charge in [0.2, 0.25) is 0 Å². The van der Waals surface area contributed by atoms with Crippen LogP contribution in [0.5, 0.6) is 0 Å². The molecule has 0 radical (unpaired) electrons. The van der Waals surface area contributed by atoms with Gasteiger partial charge in [0.1, 0.15) is 5.76 Å². The summed E-state index contributed by atoms with van der Waals surface area (Å²) in [7, 11) is 0. The van der Waals surface area contributed by atoms with Gasteiger partial charge in [-0.1, -0.05) is 11.2 Å². The van der Waals surface area contributed by atoms with Crippen LogP contribution in [0.3, 0.4) is 0 Å². The second kappa shape index (κ2) is 4.55. The van der Waals surface area contributed by atoms with Gasteiger partial charge in [0.05, 0.1) is 12.2 Å². The molecule has 1 aromatic carbocycles. The number of hydrogen-bond acceptors (Lipinski definition) is 3. The predicted octanol–water partition coefficient (Wildman–Crippen LogP) is 2.75. The molecule has 0 fully saturated rings. The Hall–Kier alpha value is -2.07. The van der Waals surface area contributed by atoms with Crippen molar-refractivity contribution in [3.05, 3.63) is 53.0 Å². The van der Waals surface area contributed by atoms with E-state index in [-0.39, 0.29) is 0 Å². The maximum atomic E-state index is 5.67. The Morgan fingerprint density at radius 1 is 1.26 bits per heavy atom. The van der Waals surface area contributed by atoms with Gasteiger partial charge in [0.15, 0.2) is 0 Å². The van der Waals surface area contributed by atoms with E-state index in [1.54, 1.807) is 0 Å². The molecule has 3 aromatic rings. The lowest BCUT2D eigenvalue weighted by molar-refractivity contribution is 0.392. The standard InChI is InChI=1S/C15H17N3O/c1-10-14(11(2)19-17-10)9-18-6-5-13-7-12(8-16)3-4-15(13)18/h3-7H,8-9,16H2,1-2H3. The Kier molecular flexibility index (Phi) is 2.87. The van der Waals surface area contributed by atoms with Crippen LogP contribution < -0.4 is 5.73 Å². The highest BCUT2D eigenvalue weighted by atomic mass is 16.5. The third kappa shape index (κ3) is 2.04. The molecule has 0 aliphatic heterocycles. The summed E-state index contributed by atoms with van der Waals surface area (Å²) in [4.78, 5) is 0. The van der Waals surface area contributed by atoms with Gasteiger partial charge in [-0.25, -0.2) is 0 Å². The summed E-state index contributed by atoms with van der Waals surface area (Å²) in [5, 5.41) is 5.22. The molecule has 0 unspecified atom stereocenters. The van der Waals surface area contributed by atoms with Crippen molar-refractivity contribution in [2.75, 3.05) is 0 Å². The van der Waals surface area contributed by atoms with Gasteiger partial charge in [-0.05, 0) is 43.0 Å². The fraction of sp³-hybridized carbons (Fsp3) is 0.267. The minimum Gasteiger partial charge on any atom is -0.361 e. The molecule has 98 valence electrons. The first kappa shape index (κ1) is 12.0. The molecule has 4 nitrogen and oxygen atoms in total. The van der Waals surface area contributed by atoms with Crippen molar-refractivity contribution in [2.24, 2.45) is 5.73 Å². The molecule has 0 bridgehead atoms. The van der Waals surface area contributed by atoms with E-state index < -0.39 is 0 Å². The van der Waals surface area contributed by atoms with Gasteiger partial charge in [-0.3, -0.25) is 0 Å². The van der Waals surface area contributed by atoms with Crippen LogP contribution in [0.25, 0.3) is 10.9 Å². The Labute approximate surface area is 111 Å². The summed E-state index contributed by atoms with van der Waals surface area (Å²) < 4.78 is 7.42. The summed E-state index contributed by atoms with van der Waals surface area (Å²) in [6.07, 6.45) is 2.09. The van der Waals surface area contributed by atoms with Crippen molar-refractivity contribution < 1.29 is 4.52 Å². The number of aryl methyl sites for hydroxylation is 2. The molecule has 0 spiro atoms. The molecule has 2 aromatic heterocycles. The molecule has 3 rings (SSSR count). The minimum atomic E-state index is 0.574. The number of rotatable bonds is 3. The zero-order chi connectivity index (χ0) is 13.4. The number of nitrogens with two attached hydrogens (primary N) is 1. The van der Waals surface area contributed by atoms with Crippen LogP contribution >= 0.6 is 0 Å². The number of nitrogens with zero attached hydrogens (tertiary/aromatic N) is 2. The van der Waals surface area contributed by atoms with Gasteiger partial charge in [-0.15, -0.1) is 0 Å². The molecular formula is C15H17N3O. The van der Waals surface area contributed by atoms with Crippen molar-refractivity contribution in [1.29, 1.82) is 0 Å². The Bertz CT molecular complexity index is 705. The van der Waals surface area contributed by atoms with Crippen molar-refractivity contribution in [2.45, 2.75) is 26.9 Å². The van der Waals surface area contributed by atoms with Gasteiger partial charge in [0.25, 0.3) is 0 Å². The van der Waals surface area contributed by atoms with Gasteiger partial charge in [-0.2, -0.15) is 0 Å². The highest BCUT2D eigenvalue weighted by Gasteiger charge is 2.10. The molecule has 0 saturated heterocycles. The molecule has 0 saturated carbocycles. The van der Waals surface area contributed by atoms with Crippen molar-refractivity contribution >= 4 is 10.9 Å². The Morgan fingerprint density at radius 2 is 2.11 bits per heavy atom. The topological polar surface area (TPSA) is 57.0 Å².